The number of rotatable bonds is 3. The Hall–Kier alpha value is -1.55. The fourth-order valence-corrected chi connectivity index (χ4v) is 2.50. The van der Waals surface area contributed by atoms with Crippen LogP contribution in [0.2, 0.25) is 0 Å². The van der Waals surface area contributed by atoms with Gasteiger partial charge in [0.1, 0.15) is 11.9 Å². The van der Waals surface area contributed by atoms with Crippen molar-refractivity contribution in [3.63, 3.8) is 0 Å². The molecule has 1 aromatic rings. The lowest BCUT2D eigenvalue weighted by molar-refractivity contribution is -0.150. The summed E-state index contributed by atoms with van der Waals surface area (Å²) in [5, 5.41) is 8.63. The minimum absolute atomic E-state index is 0.00699. The fourth-order valence-electron chi connectivity index (χ4n) is 2.50. The summed E-state index contributed by atoms with van der Waals surface area (Å²) in [6.45, 7) is 4.89. The monoisotopic (exact) mass is 322 g/mol. The van der Waals surface area contributed by atoms with E-state index in [1.807, 2.05) is 13.0 Å². The van der Waals surface area contributed by atoms with Crippen LogP contribution in [0.3, 0.4) is 0 Å². The molecular formula is C19H30O4. The van der Waals surface area contributed by atoms with Gasteiger partial charge in [0.15, 0.2) is 0 Å². The molecule has 0 saturated carbocycles. The van der Waals surface area contributed by atoms with E-state index in [2.05, 4.69) is 6.92 Å². The van der Waals surface area contributed by atoms with Crippen LogP contribution in [0.15, 0.2) is 30.3 Å². The molecule has 0 spiro atoms. The zero-order valence-electron chi connectivity index (χ0n) is 14.4. The van der Waals surface area contributed by atoms with Gasteiger partial charge in [-0.3, -0.25) is 4.79 Å². The number of ether oxygens (including phenoxy) is 2. The Kier molecular flexibility index (Phi) is 10.1. The number of esters is 1. The predicted octanol–water partition coefficient (Wildman–Crippen LogP) is 4.46. The van der Waals surface area contributed by atoms with Gasteiger partial charge in [0, 0.05) is 19.4 Å². The minimum Gasteiger partial charge on any atom is -0.508 e. The lowest BCUT2D eigenvalue weighted by Crippen LogP contribution is -2.24. The fraction of sp³-hybridized carbons (Fsp3) is 0.632. The molecule has 1 aromatic carbocycles. The Bertz CT molecular complexity index is 419. The second kappa shape index (κ2) is 11.9. The van der Waals surface area contributed by atoms with Crippen molar-refractivity contribution in [1.29, 1.82) is 0 Å². The molecule has 2 rings (SSSR count). The molecule has 0 aromatic heterocycles. The van der Waals surface area contributed by atoms with Crippen molar-refractivity contribution in [3.05, 3.63) is 30.3 Å². The SMILES string of the molecule is CCCOC1CCCCCC(=O)OC(C)C1.Oc1ccccc1. The summed E-state index contributed by atoms with van der Waals surface area (Å²) in [7, 11) is 0. The molecular weight excluding hydrogens is 292 g/mol. The smallest absolute Gasteiger partial charge is 0.306 e. The maximum atomic E-state index is 11.4. The van der Waals surface area contributed by atoms with Gasteiger partial charge in [-0.25, -0.2) is 0 Å². The molecule has 23 heavy (non-hydrogen) atoms. The number of benzene rings is 1. The maximum Gasteiger partial charge on any atom is 0.306 e. The van der Waals surface area contributed by atoms with E-state index in [-0.39, 0.29) is 18.2 Å². The third kappa shape index (κ3) is 9.95. The maximum absolute atomic E-state index is 11.4. The summed E-state index contributed by atoms with van der Waals surface area (Å²) in [6, 6.07) is 8.71. The van der Waals surface area contributed by atoms with E-state index < -0.39 is 0 Å². The Morgan fingerprint density at radius 3 is 2.57 bits per heavy atom. The highest BCUT2D eigenvalue weighted by atomic mass is 16.5. The first-order valence-electron chi connectivity index (χ1n) is 8.67. The first-order valence-corrected chi connectivity index (χ1v) is 8.67. The molecule has 1 aliphatic rings. The first-order chi connectivity index (χ1) is 11.1. The Morgan fingerprint density at radius 1 is 1.22 bits per heavy atom. The van der Waals surface area contributed by atoms with Crippen molar-refractivity contribution in [3.8, 4) is 5.75 Å². The third-order valence-corrected chi connectivity index (χ3v) is 3.65. The van der Waals surface area contributed by atoms with Crippen LogP contribution in [0.5, 0.6) is 5.75 Å². The quantitative estimate of drug-likeness (QED) is 0.835. The summed E-state index contributed by atoms with van der Waals surface area (Å²) in [6.07, 6.45) is 7.03. The second-order valence-electron chi connectivity index (χ2n) is 5.96. The minimum atomic E-state index is -0.0522. The van der Waals surface area contributed by atoms with Crippen LogP contribution in [-0.4, -0.2) is 29.9 Å². The van der Waals surface area contributed by atoms with Crippen LogP contribution in [0.1, 0.15) is 58.8 Å². The molecule has 2 atom stereocenters. The van der Waals surface area contributed by atoms with Gasteiger partial charge in [0.2, 0.25) is 0 Å². The van der Waals surface area contributed by atoms with E-state index in [4.69, 9.17) is 14.6 Å². The summed E-state index contributed by atoms with van der Waals surface area (Å²) in [5.41, 5.74) is 0. The van der Waals surface area contributed by atoms with Gasteiger partial charge < -0.3 is 14.6 Å². The van der Waals surface area contributed by atoms with E-state index in [1.54, 1.807) is 24.3 Å². The molecule has 4 nitrogen and oxygen atoms in total. The van der Waals surface area contributed by atoms with Gasteiger partial charge in [-0.15, -0.1) is 0 Å². The second-order valence-corrected chi connectivity index (χ2v) is 5.96. The zero-order chi connectivity index (χ0) is 16.9. The standard InChI is InChI=1S/C13H24O3.C6H6O/c1-3-9-15-12-7-5-4-6-8-13(14)16-11(2)10-12;7-6-4-2-1-3-5-6/h11-12H,3-10H2,1-2H3;1-5,7H. The molecule has 0 amide bonds. The zero-order valence-corrected chi connectivity index (χ0v) is 14.4. The lowest BCUT2D eigenvalue weighted by atomic mass is 10.0. The van der Waals surface area contributed by atoms with Gasteiger partial charge in [0.25, 0.3) is 0 Å². The normalized spacial score (nSPS) is 22.4. The molecule has 4 heteroatoms. The number of cyclic esters (lactones) is 1. The van der Waals surface area contributed by atoms with E-state index in [9.17, 15) is 4.79 Å². The molecule has 0 bridgehead atoms. The number of hydrogen-bond donors (Lipinski definition) is 1. The van der Waals surface area contributed by atoms with Crippen LogP contribution in [0.25, 0.3) is 0 Å². The summed E-state index contributed by atoms with van der Waals surface area (Å²) in [4.78, 5) is 11.4. The van der Waals surface area contributed by atoms with Gasteiger partial charge in [-0.1, -0.05) is 38.0 Å². The van der Waals surface area contributed by atoms with Crippen molar-refractivity contribution in [2.75, 3.05) is 6.61 Å². The topological polar surface area (TPSA) is 55.8 Å². The highest BCUT2D eigenvalue weighted by Gasteiger charge is 2.18. The van der Waals surface area contributed by atoms with Crippen LogP contribution in [0, 0.1) is 0 Å². The highest BCUT2D eigenvalue weighted by molar-refractivity contribution is 5.69. The number of phenols is 1. The number of aromatic hydroxyl groups is 1. The Morgan fingerprint density at radius 2 is 1.96 bits per heavy atom. The molecule has 2 unspecified atom stereocenters. The van der Waals surface area contributed by atoms with E-state index in [1.165, 1.54) is 0 Å². The Balaban J connectivity index is 0.000000313. The highest BCUT2D eigenvalue weighted by Crippen LogP contribution is 2.17. The number of para-hydroxylation sites is 1. The number of carbonyl (C=O) groups is 1. The number of hydrogen-bond acceptors (Lipinski definition) is 4. The molecule has 1 saturated heterocycles. The van der Waals surface area contributed by atoms with E-state index in [0.717, 1.165) is 45.1 Å². The third-order valence-electron chi connectivity index (χ3n) is 3.65. The van der Waals surface area contributed by atoms with Crippen LogP contribution >= 0.6 is 0 Å². The van der Waals surface area contributed by atoms with Crippen molar-refractivity contribution in [1.82, 2.24) is 0 Å². The van der Waals surface area contributed by atoms with E-state index in [0.29, 0.717) is 12.2 Å². The van der Waals surface area contributed by atoms with Crippen molar-refractivity contribution in [2.24, 2.45) is 0 Å². The molecule has 1 N–H and O–H groups in total. The largest absolute Gasteiger partial charge is 0.508 e. The van der Waals surface area contributed by atoms with Gasteiger partial charge in [-0.2, -0.15) is 0 Å². The van der Waals surface area contributed by atoms with Gasteiger partial charge >= 0.3 is 5.97 Å². The van der Waals surface area contributed by atoms with Crippen LogP contribution in [-0.2, 0) is 14.3 Å². The summed E-state index contributed by atoms with van der Waals surface area (Å²) in [5.74, 6) is 0.270. The molecule has 1 fully saturated rings. The molecule has 1 aliphatic heterocycles. The van der Waals surface area contributed by atoms with Crippen molar-refractivity contribution in [2.45, 2.75) is 71.0 Å². The average Bonchev–Trinajstić information content (AvgIpc) is 2.53. The lowest BCUT2D eigenvalue weighted by Gasteiger charge is -2.23. The average molecular weight is 322 g/mol. The van der Waals surface area contributed by atoms with Gasteiger partial charge in [-0.05, 0) is 38.3 Å². The van der Waals surface area contributed by atoms with Crippen LogP contribution < -0.4 is 0 Å². The molecule has 0 radical (unpaired) electrons. The van der Waals surface area contributed by atoms with Gasteiger partial charge in [0.05, 0.1) is 6.10 Å². The van der Waals surface area contributed by atoms with Crippen molar-refractivity contribution >= 4 is 5.97 Å². The predicted molar refractivity (Wildman–Crippen MR) is 91.4 cm³/mol. The molecule has 0 aliphatic carbocycles. The summed E-state index contributed by atoms with van der Waals surface area (Å²) < 4.78 is 11.1. The molecule has 130 valence electrons. The number of phenolic OH excluding ortho intramolecular Hbond substituents is 1. The Labute approximate surface area is 139 Å². The molecule has 1 heterocycles. The van der Waals surface area contributed by atoms with Crippen LogP contribution in [0.4, 0.5) is 0 Å². The first kappa shape index (κ1) is 19.5. The van der Waals surface area contributed by atoms with E-state index >= 15 is 0 Å². The summed E-state index contributed by atoms with van der Waals surface area (Å²) >= 11 is 0. The number of carbonyl (C=O) groups excluding carboxylic acids is 1. The van der Waals surface area contributed by atoms with Crippen molar-refractivity contribution < 1.29 is 19.4 Å².